The Morgan fingerprint density at radius 3 is 2.59 bits per heavy atom. The normalized spacial score (nSPS) is 11.7. The fourth-order valence-corrected chi connectivity index (χ4v) is 2.27. The second-order valence-corrected chi connectivity index (χ2v) is 5.20. The number of nitrogens with one attached hydrogen (secondary N) is 1. The molecule has 0 saturated heterocycles. The summed E-state index contributed by atoms with van der Waals surface area (Å²) in [5.41, 5.74) is 2.89. The Hall–Kier alpha value is -2.02. The van der Waals surface area contributed by atoms with E-state index < -0.39 is 11.7 Å². The maximum Gasteiger partial charge on any atom is 0.416 e. The Morgan fingerprint density at radius 2 is 1.95 bits per heavy atom. The SMILES string of the molecule is COc1ccc(C=NNc2cccc(C(F)(F)F)c2)cc1Br. The van der Waals surface area contributed by atoms with Crippen LogP contribution in [0.2, 0.25) is 0 Å². The molecule has 2 rings (SSSR count). The summed E-state index contributed by atoms with van der Waals surface area (Å²) in [4.78, 5) is 0. The van der Waals surface area contributed by atoms with E-state index in [-0.39, 0.29) is 5.69 Å². The minimum Gasteiger partial charge on any atom is -0.496 e. The zero-order chi connectivity index (χ0) is 16.2. The Labute approximate surface area is 133 Å². The molecule has 0 aliphatic heterocycles. The molecular weight excluding hydrogens is 361 g/mol. The third-order valence-electron chi connectivity index (χ3n) is 2.77. The maximum atomic E-state index is 12.6. The van der Waals surface area contributed by atoms with E-state index in [2.05, 4.69) is 26.5 Å². The Morgan fingerprint density at radius 1 is 1.18 bits per heavy atom. The van der Waals surface area contributed by atoms with Crippen LogP contribution in [-0.4, -0.2) is 13.3 Å². The molecule has 0 bridgehead atoms. The summed E-state index contributed by atoms with van der Waals surface area (Å²) >= 11 is 3.34. The average Bonchev–Trinajstić information content (AvgIpc) is 2.47. The standard InChI is InChI=1S/C15H12BrF3N2O/c1-22-14-6-5-10(7-13(14)16)9-20-21-12-4-2-3-11(8-12)15(17,18)19/h2-9,21H,1H3. The lowest BCUT2D eigenvalue weighted by molar-refractivity contribution is -0.137. The van der Waals surface area contributed by atoms with Gasteiger partial charge in [0, 0.05) is 0 Å². The molecule has 1 N–H and O–H groups in total. The van der Waals surface area contributed by atoms with E-state index in [1.807, 2.05) is 0 Å². The monoisotopic (exact) mass is 372 g/mol. The zero-order valence-corrected chi connectivity index (χ0v) is 13.1. The van der Waals surface area contributed by atoms with E-state index in [1.54, 1.807) is 25.3 Å². The van der Waals surface area contributed by atoms with Gasteiger partial charge in [-0.1, -0.05) is 6.07 Å². The molecule has 0 atom stereocenters. The van der Waals surface area contributed by atoms with Crippen LogP contribution in [0.15, 0.2) is 52.0 Å². The lowest BCUT2D eigenvalue weighted by Gasteiger charge is -2.08. The first kappa shape index (κ1) is 16.4. The van der Waals surface area contributed by atoms with Crippen molar-refractivity contribution < 1.29 is 17.9 Å². The van der Waals surface area contributed by atoms with Gasteiger partial charge in [-0.15, -0.1) is 0 Å². The van der Waals surface area contributed by atoms with Gasteiger partial charge in [-0.05, 0) is 57.9 Å². The van der Waals surface area contributed by atoms with Gasteiger partial charge in [-0.25, -0.2) is 0 Å². The molecule has 0 saturated carbocycles. The van der Waals surface area contributed by atoms with Crippen LogP contribution < -0.4 is 10.2 Å². The summed E-state index contributed by atoms with van der Waals surface area (Å²) in [6.07, 6.45) is -2.87. The number of anilines is 1. The van der Waals surface area contributed by atoms with Gasteiger partial charge in [-0.2, -0.15) is 18.3 Å². The molecule has 7 heteroatoms. The number of alkyl halides is 3. The van der Waals surface area contributed by atoms with E-state index in [4.69, 9.17) is 4.74 Å². The highest BCUT2D eigenvalue weighted by Gasteiger charge is 2.30. The fraction of sp³-hybridized carbons (Fsp3) is 0.133. The van der Waals surface area contributed by atoms with E-state index >= 15 is 0 Å². The third kappa shape index (κ3) is 4.24. The van der Waals surface area contributed by atoms with Crippen LogP contribution in [-0.2, 0) is 6.18 Å². The van der Waals surface area contributed by atoms with Gasteiger partial charge < -0.3 is 4.74 Å². The largest absolute Gasteiger partial charge is 0.496 e. The lowest BCUT2D eigenvalue weighted by atomic mass is 10.2. The summed E-state index contributed by atoms with van der Waals surface area (Å²) in [7, 11) is 1.56. The fourth-order valence-electron chi connectivity index (χ4n) is 1.71. The van der Waals surface area contributed by atoms with Crippen LogP contribution in [0.3, 0.4) is 0 Å². The molecule has 0 heterocycles. The van der Waals surface area contributed by atoms with Gasteiger partial charge in [0.1, 0.15) is 5.75 Å². The second kappa shape index (κ2) is 6.83. The van der Waals surface area contributed by atoms with Crippen molar-refractivity contribution in [2.75, 3.05) is 12.5 Å². The average molecular weight is 373 g/mol. The quantitative estimate of drug-likeness (QED) is 0.610. The Balaban J connectivity index is 2.08. The van der Waals surface area contributed by atoms with Crippen molar-refractivity contribution in [2.45, 2.75) is 6.18 Å². The highest BCUT2D eigenvalue weighted by Crippen LogP contribution is 2.30. The van der Waals surface area contributed by atoms with Crippen LogP contribution in [0.5, 0.6) is 5.75 Å². The number of hydrogen-bond donors (Lipinski definition) is 1. The molecule has 0 aliphatic rings. The zero-order valence-electron chi connectivity index (χ0n) is 11.5. The molecule has 2 aromatic rings. The molecule has 22 heavy (non-hydrogen) atoms. The smallest absolute Gasteiger partial charge is 0.416 e. The van der Waals surface area contributed by atoms with E-state index in [0.29, 0.717) is 5.75 Å². The first-order valence-corrected chi connectivity index (χ1v) is 6.99. The predicted octanol–water partition coefficient (Wildman–Crippen LogP) is 4.92. The number of benzene rings is 2. The molecule has 3 nitrogen and oxygen atoms in total. The summed E-state index contributed by atoms with van der Waals surface area (Å²) < 4.78 is 43.6. The van der Waals surface area contributed by atoms with Gasteiger partial charge in [0.2, 0.25) is 0 Å². The Bertz CT molecular complexity index is 687. The van der Waals surface area contributed by atoms with Gasteiger partial charge in [-0.3, -0.25) is 5.43 Å². The van der Waals surface area contributed by atoms with Crippen LogP contribution in [0, 0.1) is 0 Å². The third-order valence-corrected chi connectivity index (χ3v) is 3.39. The number of ether oxygens (including phenoxy) is 1. The molecule has 0 amide bonds. The molecule has 116 valence electrons. The van der Waals surface area contributed by atoms with Crippen molar-refractivity contribution in [1.82, 2.24) is 0 Å². The number of rotatable bonds is 4. The molecule has 2 aromatic carbocycles. The highest BCUT2D eigenvalue weighted by atomic mass is 79.9. The van der Waals surface area contributed by atoms with Gasteiger partial charge >= 0.3 is 6.18 Å². The molecule has 0 spiro atoms. The van der Waals surface area contributed by atoms with Crippen molar-refractivity contribution in [3.63, 3.8) is 0 Å². The predicted molar refractivity (Wildman–Crippen MR) is 83.4 cm³/mol. The first-order valence-electron chi connectivity index (χ1n) is 6.20. The number of nitrogens with zero attached hydrogens (tertiary/aromatic N) is 1. The molecule has 0 aromatic heterocycles. The first-order chi connectivity index (χ1) is 10.4. The molecule has 0 fully saturated rings. The van der Waals surface area contributed by atoms with Crippen molar-refractivity contribution >= 4 is 27.8 Å². The minimum absolute atomic E-state index is 0.263. The summed E-state index contributed by atoms with van der Waals surface area (Å²) in [5, 5.41) is 3.93. The van der Waals surface area contributed by atoms with Gasteiger partial charge in [0.15, 0.2) is 0 Å². The highest BCUT2D eigenvalue weighted by molar-refractivity contribution is 9.10. The van der Waals surface area contributed by atoms with Crippen molar-refractivity contribution in [3.05, 3.63) is 58.1 Å². The molecular formula is C15H12BrF3N2O. The van der Waals surface area contributed by atoms with Crippen molar-refractivity contribution in [2.24, 2.45) is 5.10 Å². The molecule has 0 unspecified atom stereocenters. The number of methoxy groups -OCH3 is 1. The second-order valence-electron chi connectivity index (χ2n) is 4.34. The lowest BCUT2D eigenvalue weighted by Crippen LogP contribution is -2.05. The number of hydrazone groups is 1. The van der Waals surface area contributed by atoms with Crippen LogP contribution in [0.4, 0.5) is 18.9 Å². The van der Waals surface area contributed by atoms with Crippen LogP contribution >= 0.6 is 15.9 Å². The summed E-state index contributed by atoms with van der Waals surface area (Å²) in [6.45, 7) is 0. The number of hydrogen-bond acceptors (Lipinski definition) is 3. The molecule has 0 radical (unpaired) electrons. The summed E-state index contributed by atoms with van der Waals surface area (Å²) in [5.74, 6) is 0.683. The van der Waals surface area contributed by atoms with E-state index in [9.17, 15) is 13.2 Å². The van der Waals surface area contributed by atoms with E-state index in [1.165, 1.54) is 18.3 Å². The van der Waals surface area contributed by atoms with Crippen molar-refractivity contribution in [1.29, 1.82) is 0 Å². The maximum absolute atomic E-state index is 12.6. The summed E-state index contributed by atoms with van der Waals surface area (Å²) in [6, 6.07) is 10.2. The Kier molecular flexibility index (Phi) is 5.07. The van der Waals surface area contributed by atoms with Gasteiger partial charge in [0.25, 0.3) is 0 Å². The van der Waals surface area contributed by atoms with Crippen LogP contribution in [0.1, 0.15) is 11.1 Å². The molecule has 0 aliphatic carbocycles. The minimum atomic E-state index is -4.37. The van der Waals surface area contributed by atoms with E-state index in [0.717, 1.165) is 22.2 Å². The topological polar surface area (TPSA) is 33.6 Å². The van der Waals surface area contributed by atoms with Crippen molar-refractivity contribution in [3.8, 4) is 5.75 Å². The van der Waals surface area contributed by atoms with Crippen LogP contribution in [0.25, 0.3) is 0 Å². The number of halogens is 4. The van der Waals surface area contributed by atoms with Gasteiger partial charge in [0.05, 0.1) is 29.0 Å².